The molecule has 1 saturated heterocycles. The Labute approximate surface area is 90.2 Å². The van der Waals surface area contributed by atoms with E-state index < -0.39 is 11.6 Å². The summed E-state index contributed by atoms with van der Waals surface area (Å²) in [5.74, 6) is 0.00164. The molecule has 0 aromatic carbocycles. The van der Waals surface area contributed by atoms with Crippen molar-refractivity contribution >= 4 is 11.8 Å². The second-order valence-corrected chi connectivity index (χ2v) is 4.24. The Morgan fingerprint density at radius 3 is 2.87 bits per heavy atom. The highest BCUT2D eigenvalue weighted by Gasteiger charge is 2.28. The van der Waals surface area contributed by atoms with Gasteiger partial charge in [0.05, 0.1) is 12.7 Å². The minimum atomic E-state index is -4.17. The van der Waals surface area contributed by atoms with Crippen molar-refractivity contribution in [3.8, 4) is 6.07 Å². The van der Waals surface area contributed by atoms with Crippen molar-refractivity contribution in [2.45, 2.75) is 11.6 Å². The van der Waals surface area contributed by atoms with Crippen LogP contribution in [-0.4, -0.2) is 48.5 Å². The number of halogens is 3. The fraction of sp³-hybridized carbons (Fsp3) is 0.875. The van der Waals surface area contributed by atoms with Crippen LogP contribution in [0.3, 0.4) is 0 Å². The largest absolute Gasteiger partial charge is 0.441 e. The molecule has 15 heavy (non-hydrogen) atoms. The molecule has 1 aliphatic heterocycles. The van der Waals surface area contributed by atoms with Gasteiger partial charge in [-0.25, -0.2) is 0 Å². The number of hydrogen-bond donors (Lipinski definition) is 0. The van der Waals surface area contributed by atoms with Crippen molar-refractivity contribution in [3.05, 3.63) is 0 Å². The predicted octanol–water partition coefficient (Wildman–Crippen LogP) is 1.46. The van der Waals surface area contributed by atoms with E-state index in [9.17, 15) is 13.2 Å². The summed E-state index contributed by atoms with van der Waals surface area (Å²) in [6.07, 6.45) is -0.505. The van der Waals surface area contributed by atoms with Crippen LogP contribution in [0.4, 0.5) is 13.2 Å². The molecule has 0 aromatic heterocycles. The predicted molar refractivity (Wildman–Crippen MR) is 50.3 cm³/mol. The third-order valence-electron chi connectivity index (χ3n) is 1.97. The molecule has 1 unspecified atom stereocenters. The quantitative estimate of drug-likeness (QED) is 0.748. The monoisotopic (exact) mass is 240 g/mol. The van der Waals surface area contributed by atoms with E-state index >= 15 is 0 Å². The molecule has 1 rings (SSSR count). The molecule has 0 bridgehead atoms. The van der Waals surface area contributed by atoms with Crippen molar-refractivity contribution in [3.63, 3.8) is 0 Å². The van der Waals surface area contributed by atoms with Gasteiger partial charge in [0.2, 0.25) is 0 Å². The van der Waals surface area contributed by atoms with Crippen LogP contribution >= 0.6 is 11.8 Å². The average molecular weight is 240 g/mol. The van der Waals surface area contributed by atoms with E-state index in [1.165, 1.54) is 0 Å². The zero-order valence-corrected chi connectivity index (χ0v) is 8.77. The summed E-state index contributed by atoms with van der Waals surface area (Å²) in [7, 11) is 0. The molecule has 7 heteroatoms. The van der Waals surface area contributed by atoms with Crippen LogP contribution in [0.5, 0.6) is 0 Å². The minimum absolute atomic E-state index is 0.00164. The maximum Gasteiger partial charge on any atom is 0.441 e. The third-order valence-corrected chi connectivity index (χ3v) is 2.68. The van der Waals surface area contributed by atoms with Crippen molar-refractivity contribution < 1.29 is 17.9 Å². The highest BCUT2D eigenvalue weighted by Crippen LogP contribution is 2.29. The third kappa shape index (κ3) is 5.25. The van der Waals surface area contributed by atoms with Crippen LogP contribution in [0.25, 0.3) is 0 Å². The van der Waals surface area contributed by atoms with Crippen LogP contribution in [0, 0.1) is 11.3 Å². The van der Waals surface area contributed by atoms with Gasteiger partial charge in [0, 0.05) is 25.4 Å². The van der Waals surface area contributed by atoms with Gasteiger partial charge in [-0.2, -0.15) is 18.4 Å². The highest BCUT2D eigenvalue weighted by molar-refractivity contribution is 8.00. The molecular weight excluding hydrogens is 229 g/mol. The average Bonchev–Trinajstić information content (AvgIpc) is 2.16. The van der Waals surface area contributed by atoms with Gasteiger partial charge in [0.1, 0.15) is 0 Å². The summed E-state index contributed by atoms with van der Waals surface area (Å²) < 4.78 is 40.5. The number of thioether (sulfide) groups is 1. The molecule has 0 N–H and O–H groups in total. The van der Waals surface area contributed by atoms with E-state index in [0.29, 0.717) is 26.2 Å². The van der Waals surface area contributed by atoms with Crippen molar-refractivity contribution in [1.29, 1.82) is 5.26 Å². The molecule has 0 radical (unpaired) electrons. The molecule has 0 amide bonds. The Kier molecular flexibility index (Phi) is 4.70. The number of alkyl halides is 3. The molecule has 86 valence electrons. The first-order chi connectivity index (χ1) is 7.01. The van der Waals surface area contributed by atoms with E-state index in [1.807, 2.05) is 11.0 Å². The lowest BCUT2D eigenvalue weighted by atomic mass is 10.3. The molecule has 3 nitrogen and oxygen atoms in total. The Morgan fingerprint density at radius 2 is 2.27 bits per heavy atom. The first-order valence-corrected chi connectivity index (χ1v) is 5.44. The smallest absolute Gasteiger partial charge is 0.361 e. The number of nitrogens with zero attached hydrogens (tertiary/aromatic N) is 2. The Hall–Kier alpha value is -0.450. The minimum Gasteiger partial charge on any atom is -0.361 e. The number of hydrogen-bond acceptors (Lipinski definition) is 4. The number of nitriles is 1. The van der Waals surface area contributed by atoms with Gasteiger partial charge < -0.3 is 4.74 Å². The van der Waals surface area contributed by atoms with Crippen LogP contribution in [0.2, 0.25) is 0 Å². The molecule has 0 spiro atoms. The van der Waals surface area contributed by atoms with E-state index in [-0.39, 0.29) is 17.5 Å². The summed E-state index contributed by atoms with van der Waals surface area (Å²) in [5, 5.41) is 8.58. The summed E-state index contributed by atoms with van der Waals surface area (Å²) in [4.78, 5) is 1.82. The SMILES string of the molecule is N#CC1CN(CCSC(F)(F)F)CCO1. The lowest BCUT2D eigenvalue weighted by molar-refractivity contribution is -0.0332. The molecule has 0 aromatic rings. The van der Waals surface area contributed by atoms with Gasteiger partial charge in [0.15, 0.2) is 6.10 Å². The second kappa shape index (κ2) is 5.58. The Balaban J connectivity index is 2.19. The fourth-order valence-electron chi connectivity index (χ4n) is 1.27. The Bertz CT molecular complexity index is 241. The molecule has 0 saturated carbocycles. The number of ether oxygens (including phenoxy) is 1. The molecule has 1 atom stereocenters. The van der Waals surface area contributed by atoms with Crippen molar-refractivity contribution in [2.24, 2.45) is 0 Å². The van der Waals surface area contributed by atoms with E-state index in [0.717, 1.165) is 0 Å². The van der Waals surface area contributed by atoms with Crippen molar-refractivity contribution in [2.75, 3.05) is 32.0 Å². The van der Waals surface area contributed by atoms with Crippen LogP contribution < -0.4 is 0 Å². The second-order valence-electron chi connectivity index (χ2n) is 3.08. The lowest BCUT2D eigenvalue weighted by Crippen LogP contribution is -2.42. The summed E-state index contributed by atoms with van der Waals surface area (Å²) >= 11 is -0.0293. The first-order valence-electron chi connectivity index (χ1n) is 4.45. The molecule has 1 fully saturated rings. The van der Waals surface area contributed by atoms with E-state index in [1.54, 1.807) is 0 Å². The number of rotatable bonds is 3. The molecule has 1 aliphatic rings. The van der Waals surface area contributed by atoms with Gasteiger partial charge in [-0.15, -0.1) is 0 Å². The van der Waals surface area contributed by atoms with Gasteiger partial charge in [-0.3, -0.25) is 4.90 Å². The van der Waals surface area contributed by atoms with Gasteiger partial charge in [-0.1, -0.05) is 0 Å². The normalized spacial score (nSPS) is 23.7. The summed E-state index contributed by atoms with van der Waals surface area (Å²) in [5.41, 5.74) is -4.17. The van der Waals surface area contributed by atoms with Crippen molar-refractivity contribution in [1.82, 2.24) is 4.90 Å². The van der Waals surface area contributed by atoms with Crippen LogP contribution in [-0.2, 0) is 4.74 Å². The molecular formula is C8H11F3N2OS. The topological polar surface area (TPSA) is 36.3 Å². The maximum atomic E-state index is 11.8. The summed E-state index contributed by atoms with van der Waals surface area (Å²) in [6.45, 7) is 1.74. The van der Waals surface area contributed by atoms with Gasteiger partial charge in [0.25, 0.3) is 0 Å². The van der Waals surface area contributed by atoms with E-state index in [4.69, 9.17) is 10.00 Å². The van der Waals surface area contributed by atoms with Gasteiger partial charge in [-0.05, 0) is 11.8 Å². The van der Waals surface area contributed by atoms with Crippen LogP contribution in [0.15, 0.2) is 0 Å². The molecule has 1 heterocycles. The zero-order valence-electron chi connectivity index (χ0n) is 7.96. The maximum absolute atomic E-state index is 11.8. The fourth-order valence-corrected chi connectivity index (χ4v) is 1.86. The Morgan fingerprint density at radius 1 is 1.53 bits per heavy atom. The lowest BCUT2D eigenvalue weighted by Gasteiger charge is -2.29. The van der Waals surface area contributed by atoms with Crippen LogP contribution in [0.1, 0.15) is 0 Å². The number of morpholine rings is 1. The zero-order chi connectivity index (χ0) is 11.3. The standard InChI is InChI=1S/C8H11F3N2OS/c9-8(10,11)15-4-2-13-1-3-14-7(5-12)6-13/h7H,1-4,6H2. The van der Waals surface area contributed by atoms with Gasteiger partial charge >= 0.3 is 5.51 Å². The first kappa shape index (κ1) is 12.6. The summed E-state index contributed by atoms with van der Waals surface area (Å²) in [6, 6.07) is 1.95. The molecule has 0 aliphatic carbocycles. The highest BCUT2D eigenvalue weighted by atomic mass is 32.2. The van der Waals surface area contributed by atoms with E-state index in [2.05, 4.69) is 0 Å².